The van der Waals surface area contributed by atoms with Crippen molar-refractivity contribution in [3.05, 3.63) is 101 Å². The first-order valence-electron chi connectivity index (χ1n) is 14.5. The van der Waals surface area contributed by atoms with Gasteiger partial charge in [-0.05, 0) is 61.1 Å². The number of carbonyl (C=O) groups is 2. The number of rotatable bonds is 11. The Bertz CT molecular complexity index is 1460. The van der Waals surface area contributed by atoms with Gasteiger partial charge in [-0.15, -0.1) is 0 Å². The number of esters is 1. The number of allylic oxidation sites excluding steroid dienone is 1. The molecule has 42 heavy (non-hydrogen) atoms. The third kappa shape index (κ3) is 6.40. The fourth-order valence-corrected chi connectivity index (χ4v) is 5.86. The Morgan fingerprint density at radius 3 is 2.29 bits per heavy atom. The van der Waals surface area contributed by atoms with Gasteiger partial charge in [0.2, 0.25) is 0 Å². The molecule has 0 N–H and O–H groups in total. The van der Waals surface area contributed by atoms with Crippen LogP contribution in [0.25, 0.3) is 0 Å². The maximum absolute atomic E-state index is 13.9. The molecule has 0 spiro atoms. The van der Waals surface area contributed by atoms with Crippen molar-refractivity contribution in [3.63, 3.8) is 0 Å². The second-order valence-corrected chi connectivity index (χ2v) is 10.6. The Labute approximate surface area is 247 Å². The number of para-hydroxylation sites is 1. The van der Waals surface area contributed by atoms with Crippen molar-refractivity contribution in [1.29, 1.82) is 0 Å². The van der Waals surface area contributed by atoms with Crippen LogP contribution in [-0.4, -0.2) is 44.4 Å². The zero-order valence-electron chi connectivity index (χ0n) is 24.4. The number of benzene rings is 3. The molecule has 0 amide bonds. The molecule has 1 aliphatic heterocycles. The molecule has 0 aromatic heterocycles. The van der Waals surface area contributed by atoms with Gasteiger partial charge in [-0.2, -0.15) is 0 Å². The highest BCUT2D eigenvalue weighted by atomic mass is 16.6. The molecule has 2 aliphatic rings. The fraction of sp³-hybridized carbons (Fsp3) is 0.343. The molecule has 0 saturated heterocycles. The van der Waals surface area contributed by atoms with Crippen LogP contribution in [0.15, 0.2) is 95.1 Å². The van der Waals surface area contributed by atoms with Gasteiger partial charge in [-0.1, -0.05) is 61.5 Å². The minimum Gasteiger partial charge on any atom is -0.493 e. The van der Waals surface area contributed by atoms with Crippen molar-refractivity contribution in [3.8, 4) is 17.2 Å². The van der Waals surface area contributed by atoms with Crippen LogP contribution < -0.4 is 14.2 Å². The van der Waals surface area contributed by atoms with Gasteiger partial charge in [0.25, 0.3) is 0 Å². The highest BCUT2D eigenvalue weighted by Gasteiger charge is 2.46. The summed E-state index contributed by atoms with van der Waals surface area (Å²) in [5.74, 6) is 0.362. The van der Waals surface area contributed by atoms with Crippen molar-refractivity contribution in [1.82, 2.24) is 0 Å². The monoisotopic (exact) mass is 567 g/mol. The normalized spacial score (nSPS) is 19.9. The molecule has 1 fully saturated rings. The summed E-state index contributed by atoms with van der Waals surface area (Å²) < 4.78 is 23.0. The summed E-state index contributed by atoms with van der Waals surface area (Å²) in [6.07, 6.45) is 1.89. The van der Waals surface area contributed by atoms with E-state index in [1.165, 1.54) is 0 Å². The Morgan fingerprint density at radius 1 is 0.833 bits per heavy atom. The molecule has 0 radical (unpaired) electrons. The molecule has 3 aromatic rings. The summed E-state index contributed by atoms with van der Waals surface area (Å²) in [7, 11) is 1.59. The van der Waals surface area contributed by atoms with Crippen LogP contribution in [-0.2, 0) is 14.3 Å². The van der Waals surface area contributed by atoms with Crippen LogP contribution in [0.5, 0.6) is 17.2 Å². The quantitative estimate of drug-likeness (QED) is 0.190. The first-order chi connectivity index (χ1) is 20.5. The molecular formula is C35H37NO6. The number of ether oxygens (including phenoxy) is 4. The molecule has 1 saturated carbocycles. The Hall–Kier alpha value is -4.39. The lowest BCUT2D eigenvalue weighted by atomic mass is 9.66. The van der Waals surface area contributed by atoms with E-state index in [0.717, 1.165) is 23.3 Å². The standard InChI is InChI=1S/C35H37NO6/c1-4-17-41-30-16-15-25(22-31(30)39-3)33-32(35(38)42-19-18-40-27-13-9-6-10-14-27)23(2)36-28-20-26(21-29(37)34(28)33)24-11-7-5-8-12-24/h5-16,22,26,33-34H,4,17-21H2,1-3H3/t26-,33+,34?/m0/s1. The Balaban J connectivity index is 1.46. The van der Waals surface area contributed by atoms with E-state index in [-0.39, 0.29) is 24.9 Å². The van der Waals surface area contributed by atoms with Crippen molar-refractivity contribution in [2.75, 3.05) is 26.9 Å². The summed E-state index contributed by atoms with van der Waals surface area (Å²) in [4.78, 5) is 32.5. The van der Waals surface area contributed by atoms with Gasteiger partial charge >= 0.3 is 5.97 Å². The van der Waals surface area contributed by atoms with Crippen LogP contribution in [0.4, 0.5) is 0 Å². The molecule has 3 atom stereocenters. The zero-order valence-corrected chi connectivity index (χ0v) is 24.4. The first-order valence-corrected chi connectivity index (χ1v) is 14.5. The molecule has 5 rings (SSSR count). The molecule has 1 heterocycles. The second kappa shape index (κ2) is 13.5. The number of hydrogen-bond acceptors (Lipinski definition) is 7. The van der Waals surface area contributed by atoms with E-state index in [4.69, 9.17) is 23.9 Å². The number of fused-ring (bicyclic) bond motifs is 1. The number of aliphatic imine (C=N–C) groups is 1. The van der Waals surface area contributed by atoms with E-state index >= 15 is 0 Å². The maximum atomic E-state index is 13.9. The van der Waals surface area contributed by atoms with Crippen LogP contribution in [0, 0.1) is 5.92 Å². The van der Waals surface area contributed by atoms with E-state index in [2.05, 4.69) is 12.1 Å². The average molecular weight is 568 g/mol. The highest BCUT2D eigenvalue weighted by molar-refractivity contribution is 6.12. The SMILES string of the molecule is CCCOc1ccc([C@@H]2C(C(=O)OCCOc3ccccc3)=C(C)N=C3C[C@H](c4ccccc4)CC(=O)C32)cc1OC. The second-order valence-electron chi connectivity index (χ2n) is 10.6. The largest absolute Gasteiger partial charge is 0.493 e. The van der Waals surface area contributed by atoms with Crippen molar-refractivity contribution in [2.45, 2.75) is 44.9 Å². The van der Waals surface area contributed by atoms with E-state index < -0.39 is 17.8 Å². The maximum Gasteiger partial charge on any atom is 0.336 e. The van der Waals surface area contributed by atoms with Gasteiger partial charge in [0.05, 0.1) is 25.2 Å². The van der Waals surface area contributed by atoms with Crippen molar-refractivity contribution >= 4 is 17.5 Å². The summed E-state index contributed by atoms with van der Waals surface area (Å²) in [6, 6.07) is 25.1. The van der Waals surface area contributed by atoms with Crippen molar-refractivity contribution in [2.24, 2.45) is 10.9 Å². The van der Waals surface area contributed by atoms with E-state index in [1.54, 1.807) is 7.11 Å². The van der Waals surface area contributed by atoms with E-state index in [1.807, 2.05) is 80.6 Å². The smallest absolute Gasteiger partial charge is 0.336 e. The van der Waals surface area contributed by atoms with E-state index in [0.29, 0.717) is 48.0 Å². The van der Waals surface area contributed by atoms with Gasteiger partial charge in [0.1, 0.15) is 24.7 Å². The molecule has 7 nitrogen and oxygen atoms in total. The topological polar surface area (TPSA) is 83.4 Å². The number of ketones is 1. The van der Waals surface area contributed by atoms with E-state index in [9.17, 15) is 9.59 Å². The lowest BCUT2D eigenvalue weighted by molar-refractivity contribution is -0.140. The zero-order chi connectivity index (χ0) is 29.5. The summed E-state index contributed by atoms with van der Waals surface area (Å²) in [5.41, 5.74) is 3.66. The lowest BCUT2D eigenvalue weighted by Gasteiger charge is -2.38. The van der Waals surface area contributed by atoms with Gasteiger partial charge in [0, 0.05) is 23.7 Å². The predicted molar refractivity (Wildman–Crippen MR) is 161 cm³/mol. The molecule has 1 aliphatic carbocycles. The molecule has 218 valence electrons. The van der Waals surface area contributed by atoms with Crippen molar-refractivity contribution < 1.29 is 28.5 Å². The number of nitrogens with zero attached hydrogens (tertiary/aromatic N) is 1. The lowest BCUT2D eigenvalue weighted by Crippen LogP contribution is -2.41. The Morgan fingerprint density at radius 2 is 1.57 bits per heavy atom. The number of hydrogen-bond donors (Lipinski definition) is 0. The van der Waals surface area contributed by atoms with Crippen LogP contribution in [0.3, 0.4) is 0 Å². The summed E-state index contributed by atoms with van der Waals surface area (Å²) in [5, 5.41) is 0. The van der Waals surface area contributed by atoms with Gasteiger partial charge in [-0.3, -0.25) is 9.79 Å². The fourth-order valence-electron chi connectivity index (χ4n) is 5.86. The van der Waals surface area contributed by atoms with Crippen LogP contribution in [0.1, 0.15) is 56.1 Å². The Kier molecular flexibility index (Phi) is 9.37. The van der Waals surface area contributed by atoms with Gasteiger partial charge in [-0.25, -0.2) is 4.79 Å². The highest BCUT2D eigenvalue weighted by Crippen LogP contribution is 2.47. The average Bonchev–Trinajstić information content (AvgIpc) is 3.02. The summed E-state index contributed by atoms with van der Waals surface area (Å²) in [6.45, 7) is 4.69. The third-order valence-electron chi connectivity index (χ3n) is 7.78. The minimum atomic E-state index is -0.566. The number of Topliss-reactive ketones (excluding diaryl/α,β-unsaturated/α-hetero) is 1. The predicted octanol–water partition coefficient (Wildman–Crippen LogP) is 6.68. The van der Waals surface area contributed by atoms with Gasteiger partial charge < -0.3 is 18.9 Å². The van der Waals surface area contributed by atoms with Gasteiger partial charge in [0.15, 0.2) is 11.5 Å². The molecule has 1 unspecified atom stereocenters. The molecule has 0 bridgehead atoms. The number of carbonyl (C=O) groups excluding carboxylic acids is 2. The summed E-state index contributed by atoms with van der Waals surface area (Å²) >= 11 is 0. The first kappa shape index (κ1) is 29.1. The molecular weight excluding hydrogens is 530 g/mol. The van der Waals surface area contributed by atoms with Crippen LogP contribution >= 0.6 is 0 Å². The number of methoxy groups -OCH3 is 1. The van der Waals surface area contributed by atoms with Crippen LogP contribution in [0.2, 0.25) is 0 Å². The molecule has 7 heteroatoms. The molecule has 3 aromatic carbocycles. The third-order valence-corrected chi connectivity index (χ3v) is 7.78. The minimum absolute atomic E-state index is 0.0464.